The van der Waals surface area contributed by atoms with Gasteiger partial charge in [-0.05, 0) is 67.1 Å². The third-order valence-electron chi connectivity index (χ3n) is 6.13. The van der Waals surface area contributed by atoms with E-state index in [-0.39, 0.29) is 5.92 Å². The van der Waals surface area contributed by atoms with Gasteiger partial charge in [-0.25, -0.2) is 4.98 Å². The van der Waals surface area contributed by atoms with Crippen molar-refractivity contribution in [1.82, 2.24) is 14.9 Å². The molecule has 0 amide bonds. The Morgan fingerprint density at radius 2 is 1.90 bits per heavy atom. The summed E-state index contributed by atoms with van der Waals surface area (Å²) in [5.74, 6) is 1.15. The fourth-order valence-corrected chi connectivity index (χ4v) is 4.67. The Kier molecular flexibility index (Phi) is 5.97. The summed E-state index contributed by atoms with van der Waals surface area (Å²) in [6.07, 6.45) is -0.895. The van der Waals surface area contributed by atoms with E-state index in [0.717, 1.165) is 29.6 Å². The standard InChI is InChI=1S/C24H28F3N3O/c1-15(2)22-19-12-17(16-7-10-30(11-8-16)14-24(25,26)27)4-5-20(19)29-23(22)18-6-9-28-21(13-18)31-3/h4-6,9,12-13,15-16,29H,7-8,10-11,14H2,1-3H3. The summed E-state index contributed by atoms with van der Waals surface area (Å²) in [6, 6.07) is 10.3. The number of benzene rings is 1. The van der Waals surface area contributed by atoms with Crippen LogP contribution in [0.5, 0.6) is 5.88 Å². The van der Waals surface area contributed by atoms with Crippen LogP contribution in [0.25, 0.3) is 22.2 Å². The zero-order chi connectivity index (χ0) is 22.2. The van der Waals surface area contributed by atoms with Crippen molar-refractivity contribution in [3.63, 3.8) is 0 Å². The van der Waals surface area contributed by atoms with Crippen LogP contribution in [0.15, 0.2) is 36.5 Å². The third-order valence-corrected chi connectivity index (χ3v) is 6.13. The summed E-state index contributed by atoms with van der Waals surface area (Å²) in [6.45, 7) is 4.50. The molecular formula is C24H28F3N3O. The van der Waals surface area contributed by atoms with Crippen LogP contribution < -0.4 is 4.74 Å². The van der Waals surface area contributed by atoms with Crippen LogP contribution in [0.4, 0.5) is 13.2 Å². The first-order valence-electron chi connectivity index (χ1n) is 10.7. The number of fused-ring (bicyclic) bond motifs is 1. The summed E-state index contributed by atoms with van der Waals surface area (Å²) in [4.78, 5) is 9.28. The van der Waals surface area contributed by atoms with Crippen LogP contribution in [0, 0.1) is 0 Å². The molecule has 0 atom stereocenters. The Morgan fingerprint density at radius 1 is 1.16 bits per heavy atom. The fraction of sp³-hybridized carbons (Fsp3) is 0.458. The molecule has 4 rings (SSSR count). The maximum Gasteiger partial charge on any atom is 0.401 e. The molecule has 0 radical (unpaired) electrons. The number of aromatic nitrogens is 2. The number of likely N-dealkylation sites (tertiary alicyclic amines) is 1. The lowest BCUT2D eigenvalue weighted by Gasteiger charge is -2.32. The Balaban J connectivity index is 1.64. The predicted molar refractivity (Wildman–Crippen MR) is 117 cm³/mol. The number of hydrogen-bond donors (Lipinski definition) is 1. The molecule has 4 nitrogen and oxygen atoms in total. The molecule has 3 aromatic rings. The molecule has 0 spiro atoms. The lowest BCUT2D eigenvalue weighted by Crippen LogP contribution is -2.39. The average Bonchev–Trinajstić information content (AvgIpc) is 3.12. The molecule has 2 aromatic heterocycles. The summed E-state index contributed by atoms with van der Waals surface area (Å²) in [5.41, 5.74) is 5.59. The van der Waals surface area contributed by atoms with Crippen molar-refractivity contribution in [2.45, 2.75) is 44.7 Å². The molecule has 166 valence electrons. The molecule has 1 aliphatic rings. The van der Waals surface area contributed by atoms with Gasteiger partial charge in [0.15, 0.2) is 0 Å². The molecule has 31 heavy (non-hydrogen) atoms. The van der Waals surface area contributed by atoms with Crippen molar-refractivity contribution in [2.75, 3.05) is 26.7 Å². The van der Waals surface area contributed by atoms with Gasteiger partial charge < -0.3 is 9.72 Å². The van der Waals surface area contributed by atoms with E-state index >= 15 is 0 Å². The minimum absolute atomic E-state index is 0.285. The van der Waals surface area contributed by atoms with Gasteiger partial charge in [-0.2, -0.15) is 13.2 Å². The van der Waals surface area contributed by atoms with E-state index in [2.05, 4.69) is 42.0 Å². The predicted octanol–water partition coefficient (Wildman–Crippen LogP) is 6.10. The van der Waals surface area contributed by atoms with E-state index < -0.39 is 12.7 Å². The maximum atomic E-state index is 12.7. The lowest BCUT2D eigenvalue weighted by molar-refractivity contribution is -0.147. The molecule has 0 saturated carbocycles. The van der Waals surface area contributed by atoms with Gasteiger partial charge in [-0.1, -0.05) is 19.9 Å². The number of methoxy groups -OCH3 is 1. The van der Waals surface area contributed by atoms with Gasteiger partial charge in [0.05, 0.1) is 19.3 Å². The van der Waals surface area contributed by atoms with Gasteiger partial charge in [0, 0.05) is 28.7 Å². The molecule has 1 fully saturated rings. The first-order valence-corrected chi connectivity index (χ1v) is 10.7. The number of piperidine rings is 1. The number of halogens is 3. The van der Waals surface area contributed by atoms with Crippen molar-refractivity contribution in [3.8, 4) is 17.1 Å². The second kappa shape index (κ2) is 8.54. The smallest absolute Gasteiger partial charge is 0.401 e. The number of nitrogens with zero attached hydrogens (tertiary/aromatic N) is 2. The fourth-order valence-electron chi connectivity index (χ4n) is 4.67. The molecule has 0 aliphatic carbocycles. The molecule has 0 unspecified atom stereocenters. The van der Waals surface area contributed by atoms with Gasteiger partial charge in [0.2, 0.25) is 5.88 Å². The molecule has 0 bridgehead atoms. The van der Waals surface area contributed by atoms with Gasteiger partial charge in [0.25, 0.3) is 0 Å². The summed E-state index contributed by atoms with van der Waals surface area (Å²) >= 11 is 0. The van der Waals surface area contributed by atoms with Gasteiger partial charge in [0.1, 0.15) is 0 Å². The maximum absolute atomic E-state index is 12.7. The highest BCUT2D eigenvalue weighted by Gasteiger charge is 2.33. The van der Waals surface area contributed by atoms with E-state index in [1.807, 2.05) is 12.1 Å². The minimum atomic E-state index is -4.13. The summed E-state index contributed by atoms with van der Waals surface area (Å²) in [7, 11) is 1.60. The quantitative estimate of drug-likeness (QED) is 0.530. The van der Waals surface area contributed by atoms with E-state index in [9.17, 15) is 13.2 Å². The summed E-state index contributed by atoms with van der Waals surface area (Å²) in [5, 5.41) is 1.18. The third kappa shape index (κ3) is 4.71. The number of ether oxygens (including phenoxy) is 1. The van der Waals surface area contributed by atoms with E-state index in [4.69, 9.17) is 4.74 Å². The van der Waals surface area contributed by atoms with Crippen LogP contribution in [0.1, 0.15) is 49.7 Å². The van der Waals surface area contributed by atoms with Gasteiger partial charge in [-0.15, -0.1) is 0 Å². The number of aromatic amines is 1. The molecule has 7 heteroatoms. The average molecular weight is 432 g/mol. The first-order chi connectivity index (χ1) is 14.7. The number of H-pyrrole nitrogens is 1. The van der Waals surface area contributed by atoms with Crippen molar-refractivity contribution in [3.05, 3.63) is 47.7 Å². The van der Waals surface area contributed by atoms with Crippen molar-refractivity contribution in [1.29, 1.82) is 0 Å². The second-order valence-corrected chi connectivity index (χ2v) is 8.63. The van der Waals surface area contributed by atoms with Gasteiger partial charge >= 0.3 is 6.18 Å². The Bertz CT molecular complexity index is 1050. The Hall–Kier alpha value is -2.54. The van der Waals surface area contributed by atoms with E-state index in [0.29, 0.717) is 24.9 Å². The number of rotatable bonds is 5. The Morgan fingerprint density at radius 3 is 2.55 bits per heavy atom. The zero-order valence-electron chi connectivity index (χ0n) is 18.1. The monoisotopic (exact) mass is 431 g/mol. The number of alkyl halides is 3. The summed E-state index contributed by atoms with van der Waals surface area (Å²) < 4.78 is 43.4. The first kappa shape index (κ1) is 21.7. The van der Waals surface area contributed by atoms with Gasteiger partial charge in [-0.3, -0.25) is 4.90 Å². The largest absolute Gasteiger partial charge is 0.481 e. The number of nitrogens with one attached hydrogen (secondary N) is 1. The molecule has 1 N–H and O–H groups in total. The molecular weight excluding hydrogens is 403 g/mol. The number of pyridine rings is 1. The van der Waals surface area contributed by atoms with Crippen LogP contribution in [0.2, 0.25) is 0 Å². The normalized spacial score (nSPS) is 16.4. The molecule has 3 heterocycles. The zero-order valence-corrected chi connectivity index (χ0v) is 18.1. The molecule has 1 aromatic carbocycles. The van der Waals surface area contributed by atoms with Crippen molar-refractivity contribution >= 4 is 10.9 Å². The lowest BCUT2D eigenvalue weighted by atomic mass is 9.87. The van der Waals surface area contributed by atoms with Crippen LogP contribution in [-0.4, -0.2) is 47.8 Å². The van der Waals surface area contributed by atoms with E-state index in [1.165, 1.54) is 21.4 Å². The van der Waals surface area contributed by atoms with E-state index in [1.54, 1.807) is 13.3 Å². The topological polar surface area (TPSA) is 41.1 Å². The van der Waals surface area contributed by atoms with Crippen LogP contribution in [-0.2, 0) is 0 Å². The number of hydrogen-bond acceptors (Lipinski definition) is 3. The Labute approximate surface area is 180 Å². The minimum Gasteiger partial charge on any atom is -0.481 e. The highest BCUT2D eigenvalue weighted by Crippen LogP contribution is 2.38. The second-order valence-electron chi connectivity index (χ2n) is 8.63. The molecule has 1 aliphatic heterocycles. The highest BCUT2D eigenvalue weighted by atomic mass is 19.4. The highest BCUT2D eigenvalue weighted by molar-refractivity contribution is 5.92. The molecule has 1 saturated heterocycles. The van der Waals surface area contributed by atoms with Crippen LogP contribution >= 0.6 is 0 Å². The van der Waals surface area contributed by atoms with Crippen molar-refractivity contribution in [2.24, 2.45) is 0 Å². The van der Waals surface area contributed by atoms with Crippen LogP contribution in [0.3, 0.4) is 0 Å². The van der Waals surface area contributed by atoms with Crippen molar-refractivity contribution < 1.29 is 17.9 Å². The SMILES string of the molecule is COc1cc(-c2[nH]c3ccc(C4CCN(CC(F)(F)F)CC4)cc3c2C(C)C)ccn1.